The van der Waals surface area contributed by atoms with E-state index in [-0.39, 0.29) is 36.0 Å². The first-order chi connectivity index (χ1) is 13.0. The molecule has 1 saturated heterocycles. The number of rotatable bonds is 5. The molecule has 2 aromatic rings. The summed E-state index contributed by atoms with van der Waals surface area (Å²) in [7, 11) is -3.05. The Hall–Kier alpha value is -1.81. The van der Waals surface area contributed by atoms with Crippen molar-refractivity contribution in [2.45, 2.75) is 57.2 Å². The molecule has 27 heavy (non-hydrogen) atoms. The zero-order chi connectivity index (χ0) is 18.9. The van der Waals surface area contributed by atoms with Gasteiger partial charge in [-0.15, -0.1) is 21.5 Å². The average Bonchev–Trinajstić information content (AvgIpc) is 3.37. The number of amides is 1. The molecule has 0 bridgehead atoms. The molecule has 1 amide bonds. The number of hydrogen-bond donors (Lipinski definition) is 0. The molecule has 2 fully saturated rings. The van der Waals surface area contributed by atoms with Gasteiger partial charge in [0.1, 0.15) is 6.54 Å². The number of aromatic nitrogens is 4. The highest BCUT2D eigenvalue weighted by Crippen LogP contribution is 2.28. The molecular formula is C17H23N5O3S2. The number of carbonyl (C=O) groups is 1. The Morgan fingerprint density at radius 3 is 2.70 bits per heavy atom. The van der Waals surface area contributed by atoms with Crippen LogP contribution in [0.5, 0.6) is 0 Å². The van der Waals surface area contributed by atoms with E-state index in [1.165, 1.54) is 22.6 Å². The van der Waals surface area contributed by atoms with Gasteiger partial charge < -0.3 is 4.90 Å². The highest BCUT2D eigenvalue weighted by Gasteiger charge is 2.38. The highest BCUT2D eigenvalue weighted by molar-refractivity contribution is 7.91. The normalized spacial score (nSPS) is 22.7. The Kier molecular flexibility index (Phi) is 5.27. The average molecular weight is 410 g/mol. The van der Waals surface area contributed by atoms with Crippen LogP contribution in [0.25, 0.3) is 10.7 Å². The number of tetrazole rings is 1. The van der Waals surface area contributed by atoms with Gasteiger partial charge in [0.2, 0.25) is 11.7 Å². The van der Waals surface area contributed by atoms with Crippen molar-refractivity contribution in [3.05, 3.63) is 17.5 Å². The van der Waals surface area contributed by atoms with Gasteiger partial charge in [-0.25, -0.2) is 8.42 Å². The van der Waals surface area contributed by atoms with E-state index in [4.69, 9.17) is 0 Å². The monoisotopic (exact) mass is 409 g/mol. The second-order valence-corrected chi connectivity index (χ2v) is 10.4. The Morgan fingerprint density at radius 1 is 1.22 bits per heavy atom. The van der Waals surface area contributed by atoms with Crippen molar-refractivity contribution < 1.29 is 13.2 Å². The maximum atomic E-state index is 13.1. The summed E-state index contributed by atoms with van der Waals surface area (Å²) < 4.78 is 23.9. The summed E-state index contributed by atoms with van der Waals surface area (Å²) in [5.74, 6) is 0.628. The molecule has 3 heterocycles. The third-order valence-electron chi connectivity index (χ3n) is 5.33. The van der Waals surface area contributed by atoms with E-state index in [2.05, 4.69) is 15.4 Å². The van der Waals surface area contributed by atoms with Crippen LogP contribution in [0.3, 0.4) is 0 Å². The molecule has 2 aromatic heterocycles. The van der Waals surface area contributed by atoms with Crippen LogP contribution in [0.1, 0.15) is 38.5 Å². The first kappa shape index (κ1) is 18.5. The molecule has 2 aliphatic rings. The van der Waals surface area contributed by atoms with Crippen LogP contribution in [0.4, 0.5) is 0 Å². The number of thiophene rings is 1. The molecule has 0 aromatic carbocycles. The van der Waals surface area contributed by atoms with Gasteiger partial charge >= 0.3 is 0 Å². The SMILES string of the molecule is O=C(Cn1nnc(-c2cccs2)n1)N(C1CCCCC1)C1CCS(=O)(=O)C1. The molecule has 1 aliphatic heterocycles. The van der Waals surface area contributed by atoms with E-state index in [1.54, 1.807) is 0 Å². The summed E-state index contributed by atoms with van der Waals surface area (Å²) in [4.78, 5) is 17.2. The molecule has 146 valence electrons. The Morgan fingerprint density at radius 2 is 2.04 bits per heavy atom. The smallest absolute Gasteiger partial charge is 0.246 e. The molecule has 0 spiro atoms. The molecule has 0 radical (unpaired) electrons. The Balaban J connectivity index is 1.51. The van der Waals surface area contributed by atoms with Gasteiger partial charge in [0.15, 0.2) is 9.84 Å². The van der Waals surface area contributed by atoms with Crippen molar-refractivity contribution in [2.24, 2.45) is 0 Å². The van der Waals surface area contributed by atoms with Crippen molar-refractivity contribution in [2.75, 3.05) is 11.5 Å². The van der Waals surface area contributed by atoms with Gasteiger partial charge in [0, 0.05) is 12.1 Å². The van der Waals surface area contributed by atoms with Gasteiger partial charge in [-0.05, 0) is 35.9 Å². The maximum Gasteiger partial charge on any atom is 0.246 e. The van der Waals surface area contributed by atoms with E-state index < -0.39 is 9.84 Å². The lowest BCUT2D eigenvalue weighted by molar-refractivity contribution is -0.137. The van der Waals surface area contributed by atoms with E-state index in [9.17, 15) is 13.2 Å². The van der Waals surface area contributed by atoms with Crippen molar-refractivity contribution in [1.82, 2.24) is 25.1 Å². The van der Waals surface area contributed by atoms with Gasteiger partial charge in [-0.3, -0.25) is 4.79 Å². The molecule has 1 saturated carbocycles. The van der Waals surface area contributed by atoms with Gasteiger partial charge in [-0.1, -0.05) is 25.3 Å². The molecule has 1 atom stereocenters. The third kappa shape index (κ3) is 4.21. The van der Waals surface area contributed by atoms with Crippen LogP contribution in [0.2, 0.25) is 0 Å². The predicted molar refractivity (Wildman–Crippen MR) is 102 cm³/mol. The van der Waals surface area contributed by atoms with E-state index >= 15 is 0 Å². The van der Waals surface area contributed by atoms with Crippen molar-refractivity contribution in [3.8, 4) is 10.7 Å². The number of sulfone groups is 1. The third-order valence-corrected chi connectivity index (χ3v) is 7.95. The molecule has 1 unspecified atom stereocenters. The molecule has 0 N–H and O–H groups in total. The predicted octanol–water partition coefficient (Wildman–Crippen LogP) is 1.75. The summed E-state index contributed by atoms with van der Waals surface area (Å²) in [6.45, 7) is -0.00851. The zero-order valence-electron chi connectivity index (χ0n) is 15.0. The quantitative estimate of drug-likeness (QED) is 0.746. The topological polar surface area (TPSA) is 98.1 Å². The van der Waals surface area contributed by atoms with Gasteiger partial charge in [-0.2, -0.15) is 4.80 Å². The van der Waals surface area contributed by atoms with Crippen LogP contribution in [0.15, 0.2) is 17.5 Å². The standard InChI is InChI=1S/C17H23N5O3S2/c23-16(11-21-19-17(18-20-21)15-7-4-9-26-15)22(13-5-2-1-3-6-13)14-8-10-27(24,25)12-14/h4,7,9,13-14H,1-3,5-6,8,10-12H2. The van der Waals surface area contributed by atoms with Crippen LogP contribution >= 0.6 is 11.3 Å². The molecule has 1 aliphatic carbocycles. The van der Waals surface area contributed by atoms with E-state index in [0.29, 0.717) is 12.2 Å². The molecular weight excluding hydrogens is 386 g/mol. The summed E-state index contributed by atoms with van der Waals surface area (Å²) >= 11 is 1.52. The second-order valence-electron chi connectivity index (χ2n) is 7.27. The fraction of sp³-hybridized carbons (Fsp3) is 0.647. The van der Waals surface area contributed by atoms with Crippen LogP contribution in [0, 0.1) is 0 Å². The second kappa shape index (κ2) is 7.67. The minimum Gasteiger partial charge on any atom is -0.334 e. The summed E-state index contributed by atoms with van der Waals surface area (Å²) in [6.07, 6.45) is 5.74. The Labute approximate surface area is 162 Å². The Bertz CT molecular complexity index is 888. The number of carbonyl (C=O) groups excluding carboxylic acids is 1. The van der Waals surface area contributed by atoms with Crippen molar-refractivity contribution >= 4 is 27.1 Å². The zero-order valence-corrected chi connectivity index (χ0v) is 16.7. The summed E-state index contributed by atoms with van der Waals surface area (Å²) in [5.41, 5.74) is 0. The first-order valence-corrected chi connectivity index (χ1v) is 12.1. The fourth-order valence-corrected chi connectivity index (χ4v) is 6.44. The summed E-state index contributed by atoms with van der Waals surface area (Å²) in [6, 6.07) is 3.71. The molecule has 8 nitrogen and oxygen atoms in total. The lowest BCUT2D eigenvalue weighted by Gasteiger charge is -2.38. The largest absolute Gasteiger partial charge is 0.334 e. The van der Waals surface area contributed by atoms with Gasteiger partial charge in [0.25, 0.3) is 0 Å². The molecule has 10 heteroatoms. The van der Waals surface area contributed by atoms with Crippen LogP contribution in [-0.4, -0.2) is 63.0 Å². The lowest BCUT2D eigenvalue weighted by Crippen LogP contribution is -2.50. The first-order valence-electron chi connectivity index (χ1n) is 9.35. The van der Waals surface area contributed by atoms with Crippen molar-refractivity contribution in [3.63, 3.8) is 0 Å². The van der Waals surface area contributed by atoms with Crippen LogP contribution in [-0.2, 0) is 21.2 Å². The van der Waals surface area contributed by atoms with Crippen LogP contribution < -0.4 is 0 Å². The van der Waals surface area contributed by atoms with Gasteiger partial charge in [0.05, 0.1) is 16.4 Å². The van der Waals surface area contributed by atoms with E-state index in [0.717, 1.165) is 30.6 Å². The maximum absolute atomic E-state index is 13.1. The van der Waals surface area contributed by atoms with Crippen molar-refractivity contribution in [1.29, 1.82) is 0 Å². The highest BCUT2D eigenvalue weighted by atomic mass is 32.2. The lowest BCUT2D eigenvalue weighted by atomic mass is 9.93. The molecule has 4 rings (SSSR count). The number of hydrogen-bond acceptors (Lipinski definition) is 7. The minimum atomic E-state index is -3.05. The summed E-state index contributed by atoms with van der Waals surface area (Å²) in [5, 5.41) is 14.3. The number of nitrogens with zero attached hydrogens (tertiary/aromatic N) is 5. The minimum absolute atomic E-state index is 0.00851. The van der Waals surface area contributed by atoms with E-state index in [1.807, 2.05) is 22.4 Å². The fourth-order valence-electron chi connectivity index (χ4n) is 4.08.